The number of rotatable bonds is 3. The van der Waals surface area contributed by atoms with Crippen LogP contribution < -0.4 is 5.56 Å². The zero-order valence-corrected chi connectivity index (χ0v) is 13.0. The summed E-state index contributed by atoms with van der Waals surface area (Å²) in [5.74, 6) is -1.03. The largest absolute Gasteiger partial charge is 0.477 e. The molecule has 112 valence electrons. The Morgan fingerprint density at radius 1 is 1.62 bits per heavy atom. The maximum Gasteiger partial charge on any atom is 0.346 e. The fourth-order valence-electron chi connectivity index (χ4n) is 2.61. The molecule has 1 fully saturated rings. The molecule has 21 heavy (non-hydrogen) atoms. The van der Waals surface area contributed by atoms with Crippen LogP contribution in [0, 0.1) is 11.7 Å². The molecule has 0 radical (unpaired) electrons. The Labute approximate surface area is 129 Å². The number of ether oxygens (including phenoxy) is 1. The van der Waals surface area contributed by atoms with Gasteiger partial charge in [0.1, 0.15) is 9.71 Å². The summed E-state index contributed by atoms with van der Waals surface area (Å²) < 4.78 is 7.32. The van der Waals surface area contributed by atoms with Gasteiger partial charge in [-0.25, -0.2) is 4.79 Å². The first kappa shape index (κ1) is 14.4. The average Bonchev–Trinajstić information content (AvgIpc) is 3.02. The number of aromatic amines is 1. The first-order valence-electron chi connectivity index (χ1n) is 6.60. The molecule has 0 saturated carbocycles. The van der Waals surface area contributed by atoms with Crippen molar-refractivity contribution < 1.29 is 14.6 Å². The average molecular weight is 326 g/mol. The number of carboxylic acids is 1. The zero-order chi connectivity index (χ0) is 15.1. The number of hydrogen-bond acceptors (Lipinski definition) is 5. The highest BCUT2D eigenvalue weighted by atomic mass is 32.1. The number of H-pyrrole nitrogens is 1. The number of nitrogens with zero attached hydrogens (tertiary/aromatic N) is 1. The quantitative estimate of drug-likeness (QED) is 0.846. The summed E-state index contributed by atoms with van der Waals surface area (Å²) in [7, 11) is 0. The van der Waals surface area contributed by atoms with E-state index in [0.29, 0.717) is 33.7 Å². The summed E-state index contributed by atoms with van der Waals surface area (Å²) in [4.78, 5) is 27.5. The fraction of sp³-hybridized carbons (Fsp3) is 0.462. The minimum Gasteiger partial charge on any atom is -0.477 e. The Balaban J connectivity index is 2.17. The highest BCUT2D eigenvalue weighted by Crippen LogP contribution is 2.27. The van der Waals surface area contributed by atoms with E-state index in [4.69, 9.17) is 22.1 Å². The Kier molecular flexibility index (Phi) is 3.68. The second-order valence-electron chi connectivity index (χ2n) is 5.05. The minimum absolute atomic E-state index is 0.00636. The molecule has 0 unspecified atom stereocenters. The predicted molar refractivity (Wildman–Crippen MR) is 81.9 cm³/mol. The van der Waals surface area contributed by atoms with Gasteiger partial charge in [0.2, 0.25) is 0 Å². The third kappa shape index (κ3) is 2.43. The topological polar surface area (TPSA) is 84.3 Å². The van der Waals surface area contributed by atoms with Gasteiger partial charge < -0.3 is 14.8 Å². The van der Waals surface area contributed by atoms with Crippen molar-refractivity contribution in [2.45, 2.75) is 32.4 Å². The Bertz CT molecular complexity index is 827. The molecule has 8 heteroatoms. The molecule has 1 aliphatic heterocycles. The normalized spacial score (nSPS) is 18.4. The van der Waals surface area contributed by atoms with Crippen LogP contribution in [0.25, 0.3) is 10.2 Å². The van der Waals surface area contributed by atoms with Crippen LogP contribution in [-0.2, 0) is 11.3 Å². The first-order valence-corrected chi connectivity index (χ1v) is 7.82. The molecule has 2 N–H and O–H groups in total. The molecule has 0 bridgehead atoms. The van der Waals surface area contributed by atoms with Gasteiger partial charge in [0.25, 0.3) is 5.56 Å². The molecule has 1 aliphatic rings. The SMILES string of the molecule is Cc1c(C(=O)O)sc2[nH]c(=S)n(C[C@@H]3CCCO3)c(=O)c12. The van der Waals surface area contributed by atoms with Gasteiger partial charge in [0.15, 0.2) is 4.77 Å². The lowest BCUT2D eigenvalue weighted by Crippen LogP contribution is -2.27. The number of carboxylic acid groups (broad SMARTS) is 1. The number of aromatic nitrogens is 2. The van der Waals surface area contributed by atoms with Crippen LogP contribution in [0.4, 0.5) is 0 Å². The van der Waals surface area contributed by atoms with Crippen molar-refractivity contribution in [1.29, 1.82) is 0 Å². The zero-order valence-electron chi connectivity index (χ0n) is 11.3. The summed E-state index contributed by atoms with van der Waals surface area (Å²) >= 11 is 6.28. The molecule has 3 heterocycles. The molecule has 2 aromatic heterocycles. The van der Waals surface area contributed by atoms with Crippen molar-refractivity contribution in [2.75, 3.05) is 6.61 Å². The lowest BCUT2D eigenvalue weighted by atomic mass is 10.2. The second kappa shape index (κ2) is 5.36. The number of carbonyl (C=O) groups is 1. The molecule has 3 rings (SSSR count). The van der Waals surface area contributed by atoms with Crippen molar-refractivity contribution in [3.63, 3.8) is 0 Å². The van der Waals surface area contributed by atoms with Crippen LogP contribution in [0.1, 0.15) is 28.1 Å². The number of nitrogens with one attached hydrogen (secondary N) is 1. The second-order valence-corrected chi connectivity index (χ2v) is 6.45. The standard InChI is InChI=1S/C13H14N2O4S2/c1-6-8-10(21-9(6)12(17)18)14-13(20)15(11(8)16)5-7-3-2-4-19-7/h7H,2-5H2,1H3,(H,14,20)(H,17,18)/t7-/m0/s1. The lowest BCUT2D eigenvalue weighted by Gasteiger charge is -2.12. The van der Waals surface area contributed by atoms with Gasteiger partial charge in [0.05, 0.1) is 18.0 Å². The molecule has 0 aliphatic carbocycles. The molecule has 0 aromatic carbocycles. The maximum atomic E-state index is 12.6. The summed E-state index contributed by atoms with van der Waals surface area (Å²) in [6, 6.07) is 0. The van der Waals surface area contributed by atoms with Crippen molar-refractivity contribution >= 4 is 39.7 Å². The van der Waals surface area contributed by atoms with Crippen molar-refractivity contribution in [3.05, 3.63) is 25.6 Å². The van der Waals surface area contributed by atoms with E-state index in [2.05, 4.69) is 4.98 Å². The summed E-state index contributed by atoms with van der Waals surface area (Å²) in [6.45, 7) is 2.76. The van der Waals surface area contributed by atoms with E-state index in [0.717, 1.165) is 24.2 Å². The molecule has 1 atom stereocenters. The molecular weight excluding hydrogens is 312 g/mol. The van der Waals surface area contributed by atoms with Crippen LogP contribution in [0.15, 0.2) is 4.79 Å². The Morgan fingerprint density at radius 2 is 2.38 bits per heavy atom. The van der Waals surface area contributed by atoms with Gasteiger partial charge in [-0.2, -0.15) is 0 Å². The fourth-order valence-corrected chi connectivity index (χ4v) is 3.97. The summed E-state index contributed by atoms with van der Waals surface area (Å²) in [6.07, 6.45) is 1.88. The van der Waals surface area contributed by atoms with Crippen molar-refractivity contribution in [3.8, 4) is 0 Å². The lowest BCUT2D eigenvalue weighted by molar-refractivity contribution is 0.0701. The van der Waals surface area contributed by atoms with E-state index in [9.17, 15) is 9.59 Å². The van der Waals surface area contributed by atoms with Gasteiger partial charge in [-0.1, -0.05) is 0 Å². The third-order valence-corrected chi connectivity index (χ3v) is 5.19. The number of fused-ring (bicyclic) bond motifs is 1. The smallest absolute Gasteiger partial charge is 0.346 e. The van der Waals surface area contributed by atoms with Gasteiger partial charge in [-0.3, -0.25) is 9.36 Å². The van der Waals surface area contributed by atoms with E-state index < -0.39 is 5.97 Å². The Hall–Kier alpha value is -1.51. The van der Waals surface area contributed by atoms with Gasteiger partial charge in [0, 0.05) is 6.61 Å². The monoisotopic (exact) mass is 326 g/mol. The molecule has 0 amide bonds. The summed E-state index contributed by atoms with van der Waals surface area (Å²) in [5.41, 5.74) is 0.241. The van der Waals surface area contributed by atoms with Crippen molar-refractivity contribution in [2.24, 2.45) is 0 Å². The van der Waals surface area contributed by atoms with E-state index in [-0.39, 0.29) is 16.5 Å². The highest BCUT2D eigenvalue weighted by molar-refractivity contribution is 7.71. The number of aryl methyl sites for hydroxylation is 1. The molecule has 6 nitrogen and oxygen atoms in total. The van der Waals surface area contributed by atoms with Gasteiger partial charge >= 0.3 is 5.97 Å². The number of aromatic carboxylic acids is 1. The van der Waals surface area contributed by atoms with Gasteiger partial charge in [-0.05, 0) is 37.5 Å². The van der Waals surface area contributed by atoms with Crippen LogP contribution >= 0.6 is 23.6 Å². The molecule has 0 spiro atoms. The van der Waals surface area contributed by atoms with E-state index >= 15 is 0 Å². The van der Waals surface area contributed by atoms with E-state index in [1.807, 2.05) is 0 Å². The van der Waals surface area contributed by atoms with E-state index in [1.54, 1.807) is 6.92 Å². The third-order valence-electron chi connectivity index (χ3n) is 3.68. The van der Waals surface area contributed by atoms with Crippen LogP contribution in [0.3, 0.4) is 0 Å². The van der Waals surface area contributed by atoms with E-state index in [1.165, 1.54) is 4.57 Å². The first-order chi connectivity index (χ1) is 9.99. The van der Waals surface area contributed by atoms with Crippen molar-refractivity contribution in [1.82, 2.24) is 9.55 Å². The van der Waals surface area contributed by atoms with Crippen LogP contribution in [0.2, 0.25) is 0 Å². The molecule has 1 saturated heterocycles. The summed E-state index contributed by atoms with van der Waals surface area (Å²) in [5, 5.41) is 9.57. The predicted octanol–water partition coefficient (Wildman–Crippen LogP) is 2.31. The van der Waals surface area contributed by atoms with Gasteiger partial charge in [-0.15, -0.1) is 11.3 Å². The highest BCUT2D eigenvalue weighted by Gasteiger charge is 2.21. The Morgan fingerprint density at radius 3 is 3.00 bits per heavy atom. The van der Waals surface area contributed by atoms with Crippen LogP contribution in [-0.4, -0.2) is 33.3 Å². The number of hydrogen-bond donors (Lipinski definition) is 2. The molecular formula is C13H14N2O4S2. The minimum atomic E-state index is -1.03. The maximum absolute atomic E-state index is 12.6. The molecule has 2 aromatic rings. The number of thiophene rings is 1. The van der Waals surface area contributed by atoms with Crippen LogP contribution in [0.5, 0.6) is 0 Å².